The number of fused-ring (bicyclic) bond motifs is 1. The number of nitrogens with one attached hydrogen (secondary N) is 2. The molecule has 8 heteroatoms. The zero-order chi connectivity index (χ0) is 22.4. The average molecular weight is 419 g/mol. The highest BCUT2D eigenvalue weighted by Crippen LogP contribution is 2.65. The fourth-order valence-electron chi connectivity index (χ4n) is 4.79. The second kappa shape index (κ2) is 7.84. The van der Waals surface area contributed by atoms with E-state index < -0.39 is 29.6 Å². The van der Waals surface area contributed by atoms with Gasteiger partial charge in [-0.3, -0.25) is 14.4 Å². The van der Waals surface area contributed by atoms with Crippen molar-refractivity contribution in [3.8, 4) is 6.07 Å². The molecular formula is C22H34N4O4. The molecule has 3 rings (SSSR count). The standard InChI is InChI=1S/C22H34N4O4/c1-7-12(10-23)24-19(28)16-15-13(22(15,5)6)11-26(16)20(29)17(21(2,3)4)25-18(27)14-8-9-30-14/h12-17H,7-9,11H2,1-6H3,(H,24,28)(H,25,27)/t12-,13-,14+,15-,16-,17+/m0/s1. The van der Waals surface area contributed by atoms with E-state index >= 15 is 0 Å². The van der Waals surface area contributed by atoms with Crippen LogP contribution in [0.4, 0.5) is 0 Å². The van der Waals surface area contributed by atoms with Crippen molar-refractivity contribution in [1.82, 2.24) is 15.5 Å². The van der Waals surface area contributed by atoms with Crippen LogP contribution in [0.25, 0.3) is 0 Å². The van der Waals surface area contributed by atoms with Gasteiger partial charge in [0, 0.05) is 13.0 Å². The van der Waals surface area contributed by atoms with Crippen LogP contribution in [0.5, 0.6) is 0 Å². The van der Waals surface area contributed by atoms with E-state index in [1.54, 1.807) is 4.90 Å². The predicted octanol–water partition coefficient (Wildman–Crippen LogP) is 1.21. The minimum Gasteiger partial charge on any atom is -0.368 e. The summed E-state index contributed by atoms with van der Waals surface area (Å²) in [6.07, 6.45) is 0.646. The number of carbonyl (C=O) groups excluding carboxylic acids is 3. The summed E-state index contributed by atoms with van der Waals surface area (Å²) in [6, 6.07) is 0.128. The Labute approximate surface area is 178 Å². The molecule has 2 heterocycles. The van der Waals surface area contributed by atoms with Crippen LogP contribution in [-0.2, 0) is 19.1 Å². The summed E-state index contributed by atoms with van der Waals surface area (Å²) in [5.41, 5.74) is -0.550. The molecule has 2 saturated heterocycles. The van der Waals surface area contributed by atoms with E-state index in [2.05, 4.69) is 30.6 Å². The number of piperidine rings is 1. The highest BCUT2D eigenvalue weighted by molar-refractivity contribution is 5.94. The number of hydrogen-bond donors (Lipinski definition) is 2. The van der Waals surface area contributed by atoms with E-state index in [4.69, 9.17) is 4.74 Å². The smallest absolute Gasteiger partial charge is 0.249 e. The molecule has 3 aliphatic rings. The van der Waals surface area contributed by atoms with Crippen LogP contribution in [0.1, 0.15) is 54.4 Å². The summed E-state index contributed by atoms with van der Waals surface area (Å²) in [5.74, 6) is -0.509. The maximum atomic E-state index is 13.6. The first-order valence-electron chi connectivity index (χ1n) is 10.9. The second-order valence-electron chi connectivity index (χ2n) is 10.4. The maximum Gasteiger partial charge on any atom is 0.249 e. The Morgan fingerprint density at radius 3 is 2.33 bits per heavy atom. The minimum atomic E-state index is -0.761. The third-order valence-electron chi connectivity index (χ3n) is 7.03. The highest BCUT2D eigenvalue weighted by atomic mass is 16.5. The van der Waals surface area contributed by atoms with Gasteiger partial charge in [0.1, 0.15) is 24.2 Å². The van der Waals surface area contributed by atoms with Crippen molar-refractivity contribution in [2.75, 3.05) is 13.2 Å². The lowest BCUT2D eigenvalue weighted by Crippen LogP contribution is -2.61. The molecule has 0 aromatic carbocycles. The van der Waals surface area contributed by atoms with E-state index in [-0.39, 0.29) is 35.0 Å². The Morgan fingerprint density at radius 2 is 1.87 bits per heavy atom. The fourth-order valence-corrected chi connectivity index (χ4v) is 4.79. The molecule has 0 unspecified atom stereocenters. The van der Waals surface area contributed by atoms with E-state index in [0.29, 0.717) is 26.0 Å². The molecule has 0 aromatic heterocycles. The topological polar surface area (TPSA) is 112 Å². The molecule has 2 aliphatic heterocycles. The Bertz CT molecular complexity index is 762. The molecule has 3 fully saturated rings. The van der Waals surface area contributed by atoms with Gasteiger partial charge < -0.3 is 20.3 Å². The first kappa shape index (κ1) is 22.5. The average Bonchev–Trinajstić information content (AvgIpc) is 2.97. The molecule has 30 heavy (non-hydrogen) atoms. The van der Waals surface area contributed by atoms with Crippen molar-refractivity contribution in [2.45, 2.75) is 78.6 Å². The van der Waals surface area contributed by atoms with Crippen molar-refractivity contribution in [2.24, 2.45) is 22.7 Å². The van der Waals surface area contributed by atoms with Gasteiger partial charge in [0.25, 0.3) is 0 Å². The van der Waals surface area contributed by atoms with Crippen LogP contribution in [0.3, 0.4) is 0 Å². The van der Waals surface area contributed by atoms with Crippen molar-refractivity contribution in [1.29, 1.82) is 5.26 Å². The number of hydrogen-bond acceptors (Lipinski definition) is 5. The van der Waals surface area contributed by atoms with E-state index in [1.807, 2.05) is 27.7 Å². The zero-order valence-electron chi connectivity index (χ0n) is 18.8. The number of ether oxygens (including phenoxy) is 1. The van der Waals surface area contributed by atoms with Crippen LogP contribution in [0.2, 0.25) is 0 Å². The summed E-state index contributed by atoms with van der Waals surface area (Å²) >= 11 is 0. The Morgan fingerprint density at radius 1 is 1.23 bits per heavy atom. The maximum absolute atomic E-state index is 13.6. The molecule has 3 amide bonds. The minimum absolute atomic E-state index is 0.0204. The van der Waals surface area contributed by atoms with E-state index in [9.17, 15) is 19.6 Å². The summed E-state index contributed by atoms with van der Waals surface area (Å²) in [7, 11) is 0. The van der Waals surface area contributed by atoms with E-state index in [1.165, 1.54) is 0 Å². The molecule has 0 aromatic rings. The van der Waals surface area contributed by atoms with Crippen molar-refractivity contribution < 1.29 is 19.1 Å². The Balaban J connectivity index is 1.81. The molecular weight excluding hydrogens is 384 g/mol. The van der Waals surface area contributed by atoms with E-state index in [0.717, 1.165) is 0 Å². The molecule has 6 atom stereocenters. The lowest BCUT2D eigenvalue weighted by Gasteiger charge is -2.38. The summed E-state index contributed by atoms with van der Waals surface area (Å²) in [6.45, 7) is 12.8. The van der Waals surface area contributed by atoms with Crippen LogP contribution in [-0.4, -0.2) is 60.0 Å². The number of rotatable bonds is 6. The molecule has 1 saturated carbocycles. The van der Waals surface area contributed by atoms with Gasteiger partial charge in [-0.2, -0.15) is 5.26 Å². The quantitative estimate of drug-likeness (QED) is 0.673. The predicted molar refractivity (Wildman–Crippen MR) is 110 cm³/mol. The van der Waals surface area contributed by atoms with Gasteiger partial charge >= 0.3 is 0 Å². The van der Waals surface area contributed by atoms with Crippen LogP contribution >= 0.6 is 0 Å². The first-order chi connectivity index (χ1) is 13.9. The largest absolute Gasteiger partial charge is 0.368 e. The van der Waals surface area contributed by atoms with Crippen molar-refractivity contribution in [3.63, 3.8) is 0 Å². The Hall–Kier alpha value is -2.14. The van der Waals surface area contributed by atoms with Gasteiger partial charge in [-0.25, -0.2) is 0 Å². The molecule has 2 N–H and O–H groups in total. The van der Waals surface area contributed by atoms with Crippen LogP contribution in [0.15, 0.2) is 0 Å². The highest BCUT2D eigenvalue weighted by Gasteiger charge is 2.69. The fraction of sp³-hybridized carbons (Fsp3) is 0.818. The number of nitrogens with zero attached hydrogens (tertiary/aromatic N) is 2. The van der Waals surface area contributed by atoms with Crippen LogP contribution < -0.4 is 10.6 Å². The number of nitriles is 1. The third kappa shape index (κ3) is 3.92. The third-order valence-corrected chi connectivity index (χ3v) is 7.03. The molecule has 0 radical (unpaired) electrons. The molecule has 166 valence electrons. The Kier molecular flexibility index (Phi) is 5.89. The monoisotopic (exact) mass is 418 g/mol. The van der Waals surface area contributed by atoms with Gasteiger partial charge in [-0.1, -0.05) is 41.5 Å². The molecule has 0 bridgehead atoms. The molecule has 8 nitrogen and oxygen atoms in total. The summed E-state index contributed by atoms with van der Waals surface area (Å²) in [4.78, 5) is 40.8. The van der Waals surface area contributed by atoms with Crippen molar-refractivity contribution >= 4 is 17.7 Å². The number of amides is 3. The lowest BCUT2D eigenvalue weighted by atomic mass is 9.85. The zero-order valence-corrected chi connectivity index (χ0v) is 18.8. The number of carbonyl (C=O) groups is 3. The van der Waals surface area contributed by atoms with Gasteiger partial charge in [0.05, 0.1) is 12.7 Å². The van der Waals surface area contributed by atoms with Crippen molar-refractivity contribution in [3.05, 3.63) is 0 Å². The normalized spacial score (nSPS) is 30.9. The van der Waals surface area contributed by atoms with Crippen LogP contribution in [0, 0.1) is 34.0 Å². The van der Waals surface area contributed by atoms with Gasteiger partial charge in [0.15, 0.2) is 0 Å². The van der Waals surface area contributed by atoms with Gasteiger partial charge in [-0.05, 0) is 29.1 Å². The summed E-state index contributed by atoms with van der Waals surface area (Å²) < 4.78 is 5.26. The molecule has 1 aliphatic carbocycles. The SMILES string of the molecule is CC[C@@H](C#N)NC(=O)[C@@H]1[C@@H]2[C@H](CN1C(=O)[C@@H](NC(=O)[C@H]1CCO1)C(C)(C)C)C2(C)C. The lowest BCUT2D eigenvalue weighted by molar-refractivity contribution is -0.152. The molecule has 0 spiro atoms. The van der Waals surface area contributed by atoms with Gasteiger partial charge in [-0.15, -0.1) is 0 Å². The summed E-state index contributed by atoms with van der Waals surface area (Å²) in [5, 5.41) is 14.9. The number of likely N-dealkylation sites (tertiary alicyclic amines) is 1. The second-order valence-corrected chi connectivity index (χ2v) is 10.4. The van der Waals surface area contributed by atoms with Gasteiger partial charge in [0.2, 0.25) is 17.7 Å². The first-order valence-corrected chi connectivity index (χ1v) is 10.9.